The van der Waals surface area contributed by atoms with E-state index in [-0.39, 0.29) is 37.2 Å². The molecule has 1 aliphatic rings. The lowest BCUT2D eigenvalue weighted by Crippen LogP contribution is -2.52. The summed E-state index contributed by atoms with van der Waals surface area (Å²) in [6, 6.07) is 10.5. The van der Waals surface area contributed by atoms with Crippen molar-refractivity contribution >= 4 is 16.8 Å². The summed E-state index contributed by atoms with van der Waals surface area (Å²) in [6.45, 7) is 0.601. The number of fused-ring (bicyclic) bond motifs is 1. The molecule has 152 valence electrons. The lowest BCUT2D eigenvalue weighted by atomic mass is 9.98. The zero-order valence-corrected chi connectivity index (χ0v) is 15.8. The van der Waals surface area contributed by atoms with E-state index in [4.69, 9.17) is 4.74 Å². The van der Waals surface area contributed by atoms with Crippen molar-refractivity contribution in [3.8, 4) is 11.3 Å². The summed E-state index contributed by atoms with van der Waals surface area (Å²) in [4.78, 5) is 15.8. The van der Waals surface area contributed by atoms with Crippen LogP contribution >= 0.6 is 0 Å². The van der Waals surface area contributed by atoms with Gasteiger partial charge in [0.1, 0.15) is 11.6 Å². The fourth-order valence-corrected chi connectivity index (χ4v) is 3.81. The highest BCUT2D eigenvalue weighted by Crippen LogP contribution is 2.32. The Morgan fingerprint density at radius 3 is 2.62 bits per heavy atom. The largest absolute Gasteiger partial charge is 0.394 e. The lowest BCUT2D eigenvalue weighted by Gasteiger charge is -2.26. The molecule has 2 heterocycles. The number of aliphatic hydroxyl groups excluding tert-OH is 1. The number of carbonyl (C=O) groups is 1. The molecule has 0 radical (unpaired) electrons. The first-order chi connectivity index (χ1) is 14.0. The lowest BCUT2D eigenvalue weighted by molar-refractivity contribution is -0.123. The van der Waals surface area contributed by atoms with Crippen LogP contribution in [0.5, 0.6) is 0 Å². The topological polar surface area (TPSA) is 74.4 Å². The Morgan fingerprint density at radius 2 is 1.93 bits per heavy atom. The first-order valence-electron chi connectivity index (χ1n) is 9.55. The van der Waals surface area contributed by atoms with Crippen LogP contribution in [-0.2, 0) is 16.0 Å². The number of aromatic nitrogens is 1. The molecule has 5 nitrogen and oxygen atoms in total. The third-order valence-corrected chi connectivity index (χ3v) is 5.41. The maximum absolute atomic E-state index is 13.9. The molecule has 1 fully saturated rings. The molecule has 1 aliphatic heterocycles. The smallest absolute Gasteiger partial charge is 0.220 e. The zero-order chi connectivity index (χ0) is 20.4. The van der Waals surface area contributed by atoms with E-state index in [2.05, 4.69) is 10.3 Å². The SMILES string of the molecule is O=C(CCc1c(-c2ccc(F)cc2)[nH]c2ccc(F)cc12)NC1(CO)CCOC1. The third kappa shape index (κ3) is 4.02. The van der Waals surface area contributed by atoms with Crippen LogP contribution in [0.15, 0.2) is 42.5 Å². The molecule has 0 saturated carbocycles. The van der Waals surface area contributed by atoms with Gasteiger partial charge in [-0.2, -0.15) is 0 Å². The van der Waals surface area contributed by atoms with Crippen LogP contribution in [0.2, 0.25) is 0 Å². The Hall–Kier alpha value is -2.77. The molecule has 1 unspecified atom stereocenters. The molecular weight excluding hydrogens is 378 g/mol. The fraction of sp³-hybridized carbons (Fsp3) is 0.318. The Kier molecular flexibility index (Phi) is 5.34. The van der Waals surface area contributed by atoms with Gasteiger partial charge in [0, 0.05) is 29.6 Å². The van der Waals surface area contributed by atoms with Gasteiger partial charge in [-0.1, -0.05) is 0 Å². The number of amides is 1. The van der Waals surface area contributed by atoms with Crippen molar-refractivity contribution in [2.45, 2.75) is 24.8 Å². The number of benzene rings is 2. The molecule has 1 aromatic heterocycles. The molecule has 29 heavy (non-hydrogen) atoms. The first-order valence-corrected chi connectivity index (χ1v) is 9.55. The zero-order valence-electron chi connectivity index (χ0n) is 15.8. The summed E-state index contributed by atoms with van der Waals surface area (Å²) >= 11 is 0. The van der Waals surface area contributed by atoms with Crippen molar-refractivity contribution in [2.24, 2.45) is 0 Å². The molecule has 3 aromatic rings. The van der Waals surface area contributed by atoms with Gasteiger partial charge in [-0.15, -0.1) is 0 Å². The molecule has 0 spiro atoms. The summed E-state index contributed by atoms with van der Waals surface area (Å²) in [5.41, 5.74) is 2.30. The van der Waals surface area contributed by atoms with Crippen molar-refractivity contribution in [3.05, 3.63) is 59.7 Å². The van der Waals surface area contributed by atoms with Crippen LogP contribution in [0, 0.1) is 11.6 Å². The van der Waals surface area contributed by atoms with E-state index >= 15 is 0 Å². The monoisotopic (exact) mass is 400 g/mol. The molecule has 1 atom stereocenters. The van der Waals surface area contributed by atoms with E-state index in [0.29, 0.717) is 24.8 Å². The Morgan fingerprint density at radius 1 is 1.17 bits per heavy atom. The maximum Gasteiger partial charge on any atom is 0.220 e. The standard InChI is InChI=1S/C22H22F2N2O3/c23-15-3-1-14(2-4-15)21-17(18-11-16(24)5-7-19(18)25-21)6-8-20(28)26-22(12-27)9-10-29-13-22/h1-5,7,11,25,27H,6,8-10,12-13H2,(H,26,28). The minimum Gasteiger partial charge on any atom is -0.394 e. The molecule has 1 saturated heterocycles. The highest BCUT2D eigenvalue weighted by molar-refractivity contribution is 5.91. The summed E-state index contributed by atoms with van der Waals surface area (Å²) in [6.07, 6.45) is 1.10. The number of carbonyl (C=O) groups excluding carboxylic acids is 1. The predicted molar refractivity (Wildman–Crippen MR) is 105 cm³/mol. The van der Waals surface area contributed by atoms with Crippen LogP contribution in [0.4, 0.5) is 8.78 Å². The van der Waals surface area contributed by atoms with Crippen molar-refractivity contribution in [2.75, 3.05) is 19.8 Å². The van der Waals surface area contributed by atoms with Crippen molar-refractivity contribution in [1.29, 1.82) is 0 Å². The summed E-state index contributed by atoms with van der Waals surface area (Å²) in [7, 11) is 0. The number of nitrogens with one attached hydrogen (secondary N) is 2. The van der Waals surface area contributed by atoms with E-state index in [1.807, 2.05) is 0 Å². The van der Waals surface area contributed by atoms with Crippen molar-refractivity contribution < 1.29 is 23.4 Å². The molecule has 0 aliphatic carbocycles. The van der Waals surface area contributed by atoms with E-state index in [0.717, 1.165) is 22.3 Å². The van der Waals surface area contributed by atoms with Gasteiger partial charge in [-0.25, -0.2) is 8.78 Å². The van der Waals surface area contributed by atoms with E-state index in [1.165, 1.54) is 24.3 Å². The van der Waals surface area contributed by atoms with Crippen LogP contribution in [0.3, 0.4) is 0 Å². The normalized spacial score (nSPS) is 19.0. The average molecular weight is 400 g/mol. The van der Waals surface area contributed by atoms with Gasteiger partial charge in [0.2, 0.25) is 5.91 Å². The molecule has 4 rings (SSSR count). The molecule has 1 amide bonds. The van der Waals surface area contributed by atoms with Crippen LogP contribution < -0.4 is 5.32 Å². The molecule has 2 aromatic carbocycles. The average Bonchev–Trinajstić information content (AvgIpc) is 3.32. The van der Waals surface area contributed by atoms with E-state index < -0.39 is 5.54 Å². The number of hydrogen-bond donors (Lipinski definition) is 3. The van der Waals surface area contributed by atoms with Crippen LogP contribution in [0.1, 0.15) is 18.4 Å². The van der Waals surface area contributed by atoms with Crippen LogP contribution in [-0.4, -0.2) is 41.4 Å². The third-order valence-electron chi connectivity index (χ3n) is 5.41. The fourth-order valence-electron chi connectivity index (χ4n) is 3.81. The van der Waals surface area contributed by atoms with Crippen molar-refractivity contribution in [1.82, 2.24) is 10.3 Å². The van der Waals surface area contributed by atoms with Gasteiger partial charge >= 0.3 is 0 Å². The first kappa shape index (κ1) is 19.5. The number of halogens is 2. The second kappa shape index (κ2) is 7.93. The Bertz CT molecular complexity index is 1020. The van der Waals surface area contributed by atoms with Gasteiger partial charge in [0.15, 0.2) is 0 Å². The van der Waals surface area contributed by atoms with E-state index in [9.17, 15) is 18.7 Å². The van der Waals surface area contributed by atoms with Crippen LogP contribution in [0.25, 0.3) is 22.2 Å². The summed E-state index contributed by atoms with van der Waals surface area (Å²) < 4.78 is 32.5. The van der Waals surface area contributed by atoms with Gasteiger partial charge < -0.3 is 20.1 Å². The van der Waals surface area contributed by atoms with Gasteiger partial charge in [-0.05, 0) is 66.4 Å². The number of H-pyrrole nitrogens is 1. The second-order valence-electron chi connectivity index (χ2n) is 7.46. The minimum absolute atomic E-state index is 0.166. The number of ether oxygens (including phenoxy) is 1. The van der Waals surface area contributed by atoms with E-state index in [1.54, 1.807) is 18.2 Å². The predicted octanol–water partition coefficient (Wildman–Crippen LogP) is 3.31. The molecule has 7 heteroatoms. The highest BCUT2D eigenvalue weighted by atomic mass is 19.1. The van der Waals surface area contributed by atoms with Gasteiger partial charge in [0.05, 0.1) is 18.8 Å². The maximum atomic E-state index is 13.9. The number of rotatable bonds is 6. The molecular formula is C22H22F2N2O3. The van der Waals surface area contributed by atoms with Gasteiger partial charge in [-0.3, -0.25) is 4.79 Å². The Balaban J connectivity index is 1.61. The van der Waals surface area contributed by atoms with Gasteiger partial charge in [0.25, 0.3) is 0 Å². The Labute approximate surface area is 166 Å². The summed E-state index contributed by atoms with van der Waals surface area (Å²) in [5, 5.41) is 13.2. The number of hydrogen-bond acceptors (Lipinski definition) is 3. The highest BCUT2D eigenvalue weighted by Gasteiger charge is 2.35. The summed E-state index contributed by atoms with van der Waals surface area (Å²) in [5.74, 6) is -0.916. The number of aromatic amines is 1. The quantitative estimate of drug-likeness (QED) is 0.594. The minimum atomic E-state index is -0.733. The number of aryl methyl sites for hydroxylation is 1. The molecule has 0 bridgehead atoms. The number of aliphatic hydroxyl groups is 1. The molecule has 3 N–H and O–H groups in total. The van der Waals surface area contributed by atoms with Crippen molar-refractivity contribution in [3.63, 3.8) is 0 Å². The second-order valence-corrected chi connectivity index (χ2v) is 7.46.